The van der Waals surface area contributed by atoms with Gasteiger partial charge in [0.2, 0.25) is 0 Å². The van der Waals surface area contributed by atoms with Gasteiger partial charge in [-0.1, -0.05) is 11.6 Å². The van der Waals surface area contributed by atoms with Crippen LogP contribution < -0.4 is 5.32 Å². The predicted molar refractivity (Wildman–Crippen MR) is 102 cm³/mol. The average Bonchev–Trinajstić information content (AvgIpc) is 3.16. The highest BCUT2D eigenvalue weighted by Crippen LogP contribution is 2.46. The van der Waals surface area contributed by atoms with E-state index in [9.17, 15) is 4.79 Å². The van der Waals surface area contributed by atoms with Crippen LogP contribution in [-0.2, 0) is 6.54 Å². The Hall–Kier alpha value is -2.69. The molecule has 1 N–H and O–H groups in total. The molecular formula is C21H24N4O. The third-order valence-electron chi connectivity index (χ3n) is 5.26. The zero-order valence-electron chi connectivity index (χ0n) is 15.5. The van der Waals surface area contributed by atoms with E-state index in [1.54, 1.807) is 6.20 Å². The standard InChI is InChI=1S/C21H24N4O/c1-14-9-15(2)19-17(10-14)18(11-16(3)24-19)20(26)22-12-21(5-6-21)13-25-8-4-7-23-25/h4,7-11H,5-6,12-13H2,1-3H3,(H,22,26). The van der Waals surface area contributed by atoms with Crippen LogP contribution in [0.15, 0.2) is 36.7 Å². The van der Waals surface area contributed by atoms with Crippen LogP contribution >= 0.6 is 0 Å². The lowest BCUT2D eigenvalue weighted by atomic mass is 10.0. The van der Waals surface area contributed by atoms with Crippen molar-refractivity contribution in [1.29, 1.82) is 0 Å². The molecule has 0 bridgehead atoms. The first-order chi connectivity index (χ1) is 12.5. The number of amides is 1. The van der Waals surface area contributed by atoms with Crippen molar-refractivity contribution in [1.82, 2.24) is 20.1 Å². The van der Waals surface area contributed by atoms with E-state index in [1.165, 1.54) is 0 Å². The Morgan fingerprint density at radius 3 is 2.73 bits per heavy atom. The van der Waals surface area contributed by atoms with Crippen molar-refractivity contribution in [3.63, 3.8) is 0 Å². The van der Waals surface area contributed by atoms with Crippen LogP contribution in [0.3, 0.4) is 0 Å². The van der Waals surface area contributed by atoms with Crippen LogP contribution in [0, 0.1) is 26.2 Å². The summed E-state index contributed by atoms with van der Waals surface area (Å²) < 4.78 is 1.96. The number of rotatable bonds is 5. The summed E-state index contributed by atoms with van der Waals surface area (Å²) in [6.07, 6.45) is 6.03. The van der Waals surface area contributed by atoms with Gasteiger partial charge in [0.05, 0.1) is 11.1 Å². The van der Waals surface area contributed by atoms with E-state index in [4.69, 9.17) is 0 Å². The topological polar surface area (TPSA) is 59.8 Å². The van der Waals surface area contributed by atoms with Crippen LogP contribution in [0.4, 0.5) is 0 Å². The molecule has 0 saturated heterocycles. The highest BCUT2D eigenvalue weighted by Gasteiger charge is 2.43. The van der Waals surface area contributed by atoms with Gasteiger partial charge in [-0.3, -0.25) is 14.5 Å². The Kier molecular flexibility index (Phi) is 4.02. The zero-order chi connectivity index (χ0) is 18.3. The summed E-state index contributed by atoms with van der Waals surface area (Å²) in [5, 5.41) is 8.39. The Balaban J connectivity index is 1.57. The molecule has 5 nitrogen and oxygen atoms in total. The van der Waals surface area contributed by atoms with Crippen molar-refractivity contribution >= 4 is 16.8 Å². The summed E-state index contributed by atoms with van der Waals surface area (Å²) >= 11 is 0. The van der Waals surface area contributed by atoms with Gasteiger partial charge in [0.25, 0.3) is 5.91 Å². The maximum Gasteiger partial charge on any atom is 0.252 e. The van der Waals surface area contributed by atoms with Crippen molar-refractivity contribution in [3.05, 3.63) is 59.0 Å². The number of aryl methyl sites for hydroxylation is 3. The van der Waals surface area contributed by atoms with Crippen molar-refractivity contribution in [2.24, 2.45) is 5.41 Å². The molecule has 3 aromatic rings. The largest absolute Gasteiger partial charge is 0.351 e. The normalized spacial score (nSPS) is 15.2. The molecule has 1 aliphatic rings. The molecule has 1 amide bonds. The number of fused-ring (bicyclic) bond motifs is 1. The number of pyridine rings is 1. The minimum atomic E-state index is -0.0164. The number of carbonyl (C=O) groups is 1. The molecular weight excluding hydrogens is 324 g/mol. The summed E-state index contributed by atoms with van der Waals surface area (Å²) in [4.78, 5) is 17.6. The van der Waals surface area contributed by atoms with Gasteiger partial charge in [0, 0.05) is 42.0 Å². The highest BCUT2D eigenvalue weighted by molar-refractivity contribution is 6.07. The third kappa shape index (κ3) is 3.21. The monoisotopic (exact) mass is 348 g/mol. The van der Waals surface area contributed by atoms with Gasteiger partial charge in [0.1, 0.15) is 0 Å². The average molecular weight is 348 g/mol. The number of carbonyl (C=O) groups excluding carboxylic acids is 1. The van der Waals surface area contributed by atoms with Gasteiger partial charge in [-0.2, -0.15) is 5.10 Å². The van der Waals surface area contributed by atoms with E-state index < -0.39 is 0 Å². The van der Waals surface area contributed by atoms with E-state index in [1.807, 2.05) is 36.9 Å². The highest BCUT2D eigenvalue weighted by atomic mass is 16.1. The quantitative estimate of drug-likeness (QED) is 0.767. The molecule has 0 atom stereocenters. The maximum atomic E-state index is 12.9. The zero-order valence-corrected chi connectivity index (χ0v) is 15.5. The number of hydrogen-bond acceptors (Lipinski definition) is 3. The molecule has 134 valence electrons. The fourth-order valence-electron chi connectivity index (χ4n) is 3.67. The second-order valence-corrected chi connectivity index (χ2v) is 7.68. The number of nitrogens with one attached hydrogen (secondary N) is 1. The molecule has 4 rings (SSSR count). The predicted octanol–water partition coefficient (Wildman–Crippen LogP) is 3.57. The maximum absolute atomic E-state index is 12.9. The van der Waals surface area contributed by atoms with Gasteiger partial charge in [-0.15, -0.1) is 0 Å². The summed E-state index contributed by atoms with van der Waals surface area (Å²) in [5.41, 5.74) is 4.90. The van der Waals surface area contributed by atoms with E-state index in [0.29, 0.717) is 12.1 Å². The molecule has 1 saturated carbocycles. The van der Waals surface area contributed by atoms with E-state index in [-0.39, 0.29) is 11.3 Å². The molecule has 1 fully saturated rings. The Bertz CT molecular complexity index is 971. The lowest BCUT2D eigenvalue weighted by Gasteiger charge is -2.17. The minimum Gasteiger partial charge on any atom is -0.351 e. The SMILES string of the molecule is Cc1cc(C)c2nc(C)cc(C(=O)NCC3(Cn4cccn4)CC3)c2c1. The molecule has 0 spiro atoms. The molecule has 5 heteroatoms. The van der Waals surface area contributed by atoms with Gasteiger partial charge >= 0.3 is 0 Å². The van der Waals surface area contributed by atoms with Crippen molar-refractivity contribution in [3.8, 4) is 0 Å². The number of benzene rings is 1. The fourth-order valence-corrected chi connectivity index (χ4v) is 3.67. The minimum absolute atomic E-state index is 0.0164. The van der Waals surface area contributed by atoms with Gasteiger partial charge < -0.3 is 5.32 Å². The van der Waals surface area contributed by atoms with Gasteiger partial charge in [-0.25, -0.2) is 0 Å². The van der Waals surface area contributed by atoms with Crippen LogP contribution in [-0.4, -0.2) is 27.2 Å². The molecule has 0 unspecified atom stereocenters. The second kappa shape index (κ2) is 6.24. The summed E-state index contributed by atoms with van der Waals surface area (Å²) in [6, 6.07) is 7.99. The Morgan fingerprint density at radius 2 is 2.04 bits per heavy atom. The molecule has 2 heterocycles. The number of nitrogens with zero attached hydrogens (tertiary/aromatic N) is 3. The van der Waals surface area contributed by atoms with Crippen molar-refractivity contribution in [2.75, 3.05) is 6.54 Å². The second-order valence-electron chi connectivity index (χ2n) is 7.68. The fraction of sp³-hybridized carbons (Fsp3) is 0.381. The van der Waals surface area contributed by atoms with Crippen LogP contribution in [0.2, 0.25) is 0 Å². The third-order valence-corrected chi connectivity index (χ3v) is 5.26. The molecule has 1 aliphatic carbocycles. The van der Waals surface area contributed by atoms with E-state index in [0.717, 1.165) is 47.1 Å². The van der Waals surface area contributed by atoms with E-state index in [2.05, 4.69) is 34.5 Å². The smallest absolute Gasteiger partial charge is 0.252 e. The molecule has 26 heavy (non-hydrogen) atoms. The molecule has 0 radical (unpaired) electrons. The number of hydrogen-bond donors (Lipinski definition) is 1. The lowest BCUT2D eigenvalue weighted by molar-refractivity contribution is 0.0944. The van der Waals surface area contributed by atoms with Crippen LogP contribution in [0.1, 0.15) is 40.0 Å². The van der Waals surface area contributed by atoms with E-state index >= 15 is 0 Å². The first-order valence-corrected chi connectivity index (χ1v) is 9.10. The molecule has 2 aromatic heterocycles. The van der Waals surface area contributed by atoms with Crippen LogP contribution in [0.25, 0.3) is 10.9 Å². The first kappa shape index (κ1) is 16.8. The van der Waals surface area contributed by atoms with Crippen molar-refractivity contribution < 1.29 is 4.79 Å². The summed E-state index contributed by atoms with van der Waals surface area (Å²) in [7, 11) is 0. The Morgan fingerprint density at radius 1 is 1.23 bits per heavy atom. The van der Waals surface area contributed by atoms with Gasteiger partial charge in [0.15, 0.2) is 0 Å². The Labute approximate surface area is 153 Å². The van der Waals surface area contributed by atoms with Crippen molar-refractivity contribution in [2.45, 2.75) is 40.2 Å². The summed E-state index contributed by atoms with van der Waals surface area (Å²) in [5.74, 6) is -0.0164. The number of aromatic nitrogens is 3. The molecule has 1 aromatic carbocycles. The molecule has 0 aliphatic heterocycles. The summed E-state index contributed by atoms with van der Waals surface area (Å²) in [6.45, 7) is 7.58. The first-order valence-electron chi connectivity index (χ1n) is 9.10. The van der Waals surface area contributed by atoms with Gasteiger partial charge in [-0.05, 0) is 57.4 Å². The lowest BCUT2D eigenvalue weighted by Crippen LogP contribution is -2.32. The van der Waals surface area contributed by atoms with Crippen LogP contribution in [0.5, 0.6) is 0 Å².